The Labute approximate surface area is 141 Å². The minimum atomic E-state index is -0.0775. The molecule has 1 aliphatic rings. The fourth-order valence-electron chi connectivity index (χ4n) is 2.70. The Balaban J connectivity index is 1.61. The van der Waals surface area contributed by atoms with Crippen LogP contribution < -0.4 is 5.32 Å². The van der Waals surface area contributed by atoms with Crippen LogP contribution in [0.2, 0.25) is 0 Å². The summed E-state index contributed by atoms with van der Waals surface area (Å²) in [5, 5.41) is 7.98. The van der Waals surface area contributed by atoms with Gasteiger partial charge in [0.1, 0.15) is 12.6 Å². The molecule has 0 saturated heterocycles. The lowest BCUT2D eigenvalue weighted by Crippen LogP contribution is -2.28. The van der Waals surface area contributed by atoms with Gasteiger partial charge in [-0.3, -0.25) is 14.5 Å². The van der Waals surface area contributed by atoms with Gasteiger partial charge >= 0.3 is 0 Å². The second kappa shape index (κ2) is 7.55. The van der Waals surface area contributed by atoms with Crippen LogP contribution in [0.1, 0.15) is 22.9 Å². The van der Waals surface area contributed by atoms with Crippen LogP contribution in [0.4, 0.5) is 0 Å². The topological polar surface area (TPSA) is 72.3 Å². The van der Waals surface area contributed by atoms with E-state index in [1.54, 1.807) is 36.1 Å². The molecule has 3 rings (SSSR count). The van der Waals surface area contributed by atoms with Crippen molar-refractivity contribution in [1.82, 2.24) is 25.0 Å². The Hall–Kier alpha value is -2.25. The van der Waals surface area contributed by atoms with Gasteiger partial charge < -0.3 is 15.0 Å². The van der Waals surface area contributed by atoms with E-state index in [1.165, 1.54) is 11.1 Å². The summed E-state index contributed by atoms with van der Waals surface area (Å²) in [6, 6.07) is 3.98. The van der Waals surface area contributed by atoms with Crippen molar-refractivity contribution in [1.29, 1.82) is 0 Å². The average Bonchev–Trinajstić information content (AvgIpc) is 2.99. The molecule has 3 heterocycles. The maximum Gasteiger partial charge on any atom is 0.243 e. The minimum absolute atomic E-state index is 0.0307. The molecule has 0 aromatic carbocycles. The van der Waals surface area contributed by atoms with Crippen molar-refractivity contribution in [3.63, 3.8) is 0 Å². The summed E-state index contributed by atoms with van der Waals surface area (Å²) in [5.74, 6) is 0.0307. The highest BCUT2D eigenvalue weighted by atomic mass is 16.5. The molecule has 0 bridgehead atoms. The third-order valence-electron chi connectivity index (χ3n) is 4.07. The van der Waals surface area contributed by atoms with Gasteiger partial charge in [-0.05, 0) is 29.7 Å². The van der Waals surface area contributed by atoms with Gasteiger partial charge in [0.25, 0.3) is 0 Å². The molecule has 0 saturated carbocycles. The van der Waals surface area contributed by atoms with E-state index in [0.717, 1.165) is 18.7 Å². The molecule has 24 heavy (non-hydrogen) atoms. The Morgan fingerprint density at radius 1 is 1.42 bits per heavy atom. The van der Waals surface area contributed by atoms with Crippen LogP contribution >= 0.6 is 0 Å². The first-order valence-corrected chi connectivity index (χ1v) is 8.11. The van der Waals surface area contributed by atoms with E-state index in [0.29, 0.717) is 13.2 Å². The van der Waals surface area contributed by atoms with Crippen LogP contribution in [-0.2, 0) is 29.0 Å². The highest BCUT2D eigenvalue weighted by Crippen LogP contribution is 2.25. The summed E-state index contributed by atoms with van der Waals surface area (Å²) in [5.41, 5.74) is 3.29. The minimum Gasteiger partial charge on any atom is -0.370 e. The van der Waals surface area contributed by atoms with Crippen molar-refractivity contribution < 1.29 is 9.53 Å². The van der Waals surface area contributed by atoms with Crippen LogP contribution in [0, 0.1) is 0 Å². The Morgan fingerprint density at radius 3 is 2.96 bits per heavy atom. The van der Waals surface area contributed by atoms with Crippen LogP contribution in [0.15, 0.2) is 30.7 Å². The number of aromatic nitrogens is 3. The normalized spacial score (nSPS) is 16.7. The number of nitrogens with one attached hydrogen (secondary N) is 1. The molecule has 0 spiro atoms. The molecule has 1 amide bonds. The second-order valence-corrected chi connectivity index (χ2v) is 6.12. The number of pyridine rings is 1. The lowest BCUT2D eigenvalue weighted by molar-refractivity contribution is -0.129. The third-order valence-corrected chi connectivity index (χ3v) is 4.07. The van der Waals surface area contributed by atoms with E-state index in [2.05, 4.69) is 15.4 Å². The molecular formula is C17H23N5O2. The van der Waals surface area contributed by atoms with E-state index < -0.39 is 0 Å². The van der Waals surface area contributed by atoms with Crippen molar-refractivity contribution >= 4 is 5.91 Å². The van der Waals surface area contributed by atoms with E-state index in [9.17, 15) is 4.79 Å². The van der Waals surface area contributed by atoms with Gasteiger partial charge in [-0.2, -0.15) is 5.10 Å². The number of nitrogens with zero attached hydrogens (tertiary/aromatic N) is 4. The molecule has 0 unspecified atom stereocenters. The molecular weight excluding hydrogens is 306 g/mol. The zero-order chi connectivity index (χ0) is 16.9. The Kier molecular flexibility index (Phi) is 5.22. The molecule has 2 aromatic rings. The van der Waals surface area contributed by atoms with E-state index in [4.69, 9.17) is 4.74 Å². The summed E-state index contributed by atoms with van der Waals surface area (Å²) < 4.78 is 7.58. The molecule has 0 fully saturated rings. The fraction of sp³-hybridized carbons (Fsp3) is 0.471. The molecule has 0 aliphatic carbocycles. The molecule has 1 aliphatic heterocycles. The second-order valence-electron chi connectivity index (χ2n) is 6.12. The van der Waals surface area contributed by atoms with Crippen LogP contribution in [0.5, 0.6) is 0 Å². The first kappa shape index (κ1) is 16.6. The predicted molar refractivity (Wildman–Crippen MR) is 89.3 cm³/mol. The molecule has 7 nitrogen and oxygen atoms in total. The highest BCUT2D eigenvalue weighted by Gasteiger charge is 2.25. The maximum atomic E-state index is 11.9. The number of likely N-dealkylation sites (N-methyl/N-ethyl adjacent to an activating group) is 1. The first-order chi connectivity index (χ1) is 11.6. The van der Waals surface area contributed by atoms with Gasteiger partial charge in [0.2, 0.25) is 5.91 Å². The quantitative estimate of drug-likeness (QED) is 0.847. The highest BCUT2D eigenvalue weighted by molar-refractivity contribution is 5.75. The smallest absolute Gasteiger partial charge is 0.243 e. The average molecular weight is 329 g/mol. The Morgan fingerprint density at radius 2 is 2.21 bits per heavy atom. The predicted octanol–water partition coefficient (Wildman–Crippen LogP) is 0.770. The number of hydrogen-bond acceptors (Lipinski definition) is 5. The van der Waals surface area contributed by atoms with Crippen LogP contribution in [0.3, 0.4) is 0 Å². The number of carbonyl (C=O) groups excluding carboxylic acids is 1. The van der Waals surface area contributed by atoms with Gasteiger partial charge in [0, 0.05) is 45.8 Å². The largest absolute Gasteiger partial charge is 0.370 e. The van der Waals surface area contributed by atoms with Gasteiger partial charge in [-0.1, -0.05) is 0 Å². The zero-order valence-corrected chi connectivity index (χ0v) is 14.1. The van der Waals surface area contributed by atoms with E-state index in [-0.39, 0.29) is 18.6 Å². The summed E-state index contributed by atoms with van der Waals surface area (Å²) in [7, 11) is 3.50. The SMILES string of the molecule is CN(C)C(=O)Cn1cc2c(n1)[C@@H](CNCc1ccncc1)OCC2. The standard InChI is InChI=1S/C17H23N5O2/c1-21(2)16(23)12-22-11-14-5-8-24-15(17(14)20-22)10-19-9-13-3-6-18-7-4-13/h3-4,6-7,11,15,19H,5,8-10,12H2,1-2H3/t15-/m1/s1. The molecule has 2 aromatic heterocycles. The van der Waals surface area contributed by atoms with Crippen molar-refractivity contribution in [3.8, 4) is 0 Å². The molecule has 1 N–H and O–H groups in total. The monoisotopic (exact) mass is 329 g/mol. The van der Waals surface area contributed by atoms with Gasteiger partial charge in [0.15, 0.2) is 0 Å². The third kappa shape index (κ3) is 3.98. The zero-order valence-electron chi connectivity index (χ0n) is 14.1. The summed E-state index contributed by atoms with van der Waals surface area (Å²) in [6.45, 7) is 2.39. The van der Waals surface area contributed by atoms with E-state index in [1.807, 2.05) is 18.3 Å². The van der Waals surface area contributed by atoms with Crippen LogP contribution in [0.25, 0.3) is 0 Å². The maximum absolute atomic E-state index is 11.9. The number of fused-ring (bicyclic) bond motifs is 1. The molecule has 128 valence electrons. The number of ether oxygens (including phenoxy) is 1. The summed E-state index contributed by atoms with van der Waals surface area (Å²) in [6.07, 6.45) is 6.30. The fourth-order valence-corrected chi connectivity index (χ4v) is 2.70. The lowest BCUT2D eigenvalue weighted by atomic mass is 10.1. The van der Waals surface area contributed by atoms with Crippen molar-refractivity contribution in [2.45, 2.75) is 25.6 Å². The number of amides is 1. The van der Waals surface area contributed by atoms with E-state index >= 15 is 0 Å². The number of hydrogen-bond donors (Lipinski definition) is 1. The number of carbonyl (C=O) groups is 1. The lowest BCUT2D eigenvalue weighted by Gasteiger charge is -2.22. The van der Waals surface area contributed by atoms with Gasteiger partial charge in [-0.25, -0.2) is 0 Å². The van der Waals surface area contributed by atoms with Gasteiger partial charge in [0.05, 0.1) is 12.3 Å². The Bertz CT molecular complexity index is 684. The number of rotatable bonds is 6. The van der Waals surface area contributed by atoms with Crippen molar-refractivity contribution in [3.05, 3.63) is 47.5 Å². The van der Waals surface area contributed by atoms with Crippen molar-refractivity contribution in [2.24, 2.45) is 0 Å². The van der Waals surface area contributed by atoms with Crippen LogP contribution in [-0.4, -0.2) is 52.8 Å². The van der Waals surface area contributed by atoms with Crippen molar-refractivity contribution in [2.75, 3.05) is 27.2 Å². The van der Waals surface area contributed by atoms with Gasteiger partial charge in [-0.15, -0.1) is 0 Å². The molecule has 0 radical (unpaired) electrons. The summed E-state index contributed by atoms with van der Waals surface area (Å²) in [4.78, 5) is 17.4. The molecule has 7 heteroatoms. The summed E-state index contributed by atoms with van der Waals surface area (Å²) >= 11 is 0. The first-order valence-electron chi connectivity index (χ1n) is 8.11. The molecule has 1 atom stereocenters.